The number of hydrogen-bond acceptors (Lipinski definition) is 3. The maximum absolute atomic E-state index is 14.5. The van der Waals surface area contributed by atoms with E-state index in [0.717, 1.165) is 0 Å². The van der Waals surface area contributed by atoms with Gasteiger partial charge in [-0.25, -0.2) is 9.18 Å². The smallest absolute Gasteiger partial charge is 0.326 e. The summed E-state index contributed by atoms with van der Waals surface area (Å²) in [5.41, 5.74) is 9.03. The van der Waals surface area contributed by atoms with Gasteiger partial charge in [-0.3, -0.25) is 4.79 Å². The highest BCUT2D eigenvalue weighted by Gasteiger charge is 2.43. The minimum atomic E-state index is -1.05. The van der Waals surface area contributed by atoms with Crippen LogP contribution in [0.4, 0.5) is 10.1 Å². The maximum Gasteiger partial charge on any atom is 0.326 e. The second-order valence-electron chi connectivity index (χ2n) is 5.65. The molecule has 2 aliphatic rings. The predicted octanol–water partition coefficient (Wildman–Crippen LogP) is 3.65. The molecule has 24 heavy (non-hydrogen) atoms. The third kappa shape index (κ3) is 2.60. The first kappa shape index (κ1) is 16.3. The zero-order chi connectivity index (χ0) is 17.4. The first-order valence-electron chi connectivity index (χ1n) is 7.23. The molecular weight excluding hydrogens is 339 g/mol. The largest absolute Gasteiger partial charge is 0.480 e. The van der Waals surface area contributed by atoms with Crippen LogP contribution in [0.25, 0.3) is 16.0 Å². The molecule has 0 spiro atoms. The van der Waals surface area contributed by atoms with Crippen molar-refractivity contribution in [2.45, 2.75) is 31.3 Å². The number of carbonyl (C=O) groups is 2. The van der Waals surface area contributed by atoms with E-state index in [1.807, 2.05) is 0 Å². The molecule has 1 N–H and O–H groups in total. The Kier molecular flexibility index (Phi) is 4.17. The van der Waals surface area contributed by atoms with Crippen molar-refractivity contribution in [3.63, 3.8) is 0 Å². The zero-order valence-electron chi connectivity index (χ0n) is 12.3. The van der Waals surface area contributed by atoms with Crippen molar-refractivity contribution in [3.8, 4) is 0 Å². The highest BCUT2D eigenvalue weighted by molar-refractivity contribution is 6.31. The second kappa shape index (κ2) is 6.14. The van der Waals surface area contributed by atoms with Crippen molar-refractivity contribution in [2.24, 2.45) is 5.11 Å². The molecule has 0 saturated carbocycles. The lowest BCUT2D eigenvalue weighted by Gasteiger charge is -2.32. The van der Waals surface area contributed by atoms with Crippen LogP contribution < -0.4 is 0 Å². The molecule has 3 rings (SSSR count). The van der Waals surface area contributed by atoms with E-state index in [1.165, 1.54) is 23.1 Å². The number of hydrogen-bond donors (Lipinski definition) is 1. The fourth-order valence-corrected chi connectivity index (χ4v) is 3.50. The van der Waals surface area contributed by atoms with E-state index in [2.05, 4.69) is 10.0 Å². The number of halogens is 2. The Bertz CT molecular complexity index is 819. The maximum atomic E-state index is 14.5. The molecule has 1 fully saturated rings. The normalized spacial score (nSPS) is 22.7. The van der Waals surface area contributed by atoms with Gasteiger partial charge in [0.2, 0.25) is 5.91 Å². The van der Waals surface area contributed by atoms with E-state index < -0.39 is 23.7 Å². The number of nitrogens with zero attached hydrogens (tertiary/aromatic N) is 4. The van der Waals surface area contributed by atoms with Gasteiger partial charge in [0, 0.05) is 28.3 Å². The van der Waals surface area contributed by atoms with Crippen molar-refractivity contribution >= 4 is 34.7 Å². The van der Waals surface area contributed by atoms with Gasteiger partial charge >= 0.3 is 5.97 Å². The Balaban J connectivity index is 2.07. The van der Waals surface area contributed by atoms with E-state index in [-0.39, 0.29) is 28.7 Å². The van der Waals surface area contributed by atoms with Crippen molar-refractivity contribution in [2.75, 3.05) is 0 Å². The molecular formula is C15H12ClFN4O3. The fourth-order valence-electron chi connectivity index (χ4n) is 3.35. The lowest BCUT2D eigenvalue weighted by molar-refractivity contribution is -0.147. The van der Waals surface area contributed by atoms with Gasteiger partial charge in [0.15, 0.2) is 0 Å². The third-order valence-electron chi connectivity index (χ3n) is 4.34. The van der Waals surface area contributed by atoms with Crippen LogP contribution in [0.3, 0.4) is 0 Å². The van der Waals surface area contributed by atoms with Crippen LogP contribution in [0.2, 0.25) is 5.02 Å². The average Bonchev–Trinajstić information content (AvgIpc) is 2.96. The molecule has 0 aromatic heterocycles. The quantitative estimate of drug-likeness (QED) is 0.510. The van der Waals surface area contributed by atoms with Gasteiger partial charge in [0.1, 0.15) is 11.9 Å². The zero-order valence-corrected chi connectivity index (χ0v) is 13.1. The number of carbonyl (C=O) groups excluding carboxylic acids is 1. The van der Waals surface area contributed by atoms with Gasteiger partial charge in [-0.2, -0.15) is 0 Å². The first-order valence-corrected chi connectivity index (χ1v) is 7.61. The minimum Gasteiger partial charge on any atom is -0.480 e. The number of carboxylic acid groups (broad SMARTS) is 1. The molecule has 1 saturated heterocycles. The van der Waals surface area contributed by atoms with Crippen LogP contribution in [0, 0.1) is 5.82 Å². The van der Waals surface area contributed by atoms with Crippen LogP contribution in [-0.4, -0.2) is 34.0 Å². The first-order chi connectivity index (χ1) is 11.4. The molecule has 0 aliphatic carbocycles. The summed E-state index contributed by atoms with van der Waals surface area (Å²) in [4.78, 5) is 27.6. The summed E-state index contributed by atoms with van der Waals surface area (Å²) in [5, 5.41) is 12.5. The number of azide groups is 1. The summed E-state index contributed by atoms with van der Waals surface area (Å²) in [6.07, 6.45) is 2.34. The van der Waals surface area contributed by atoms with Gasteiger partial charge in [-0.05, 0) is 36.4 Å². The summed E-state index contributed by atoms with van der Waals surface area (Å²) in [6.45, 7) is 0. The van der Waals surface area contributed by atoms with Gasteiger partial charge in [-0.15, -0.1) is 0 Å². The summed E-state index contributed by atoms with van der Waals surface area (Å²) < 4.78 is 14.5. The van der Waals surface area contributed by atoms with Crippen LogP contribution in [-0.2, 0) is 9.59 Å². The second-order valence-corrected chi connectivity index (χ2v) is 6.06. The number of carboxylic acids is 1. The van der Waals surface area contributed by atoms with Gasteiger partial charge in [0.25, 0.3) is 0 Å². The number of fused-ring (bicyclic) bond motifs is 1. The molecule has 0 radical (unpaired) electrons. The predicted molar refractivity (Wildman–Crippen MR) is 84.1 cm³/mol. The number of benzene rings is 1. The Morgan fingerprint density at radius 2 is 2.21 bits per heavy atom. The topological polar surface area (TPSA) is 106 Å². The Labute approximate surface area is 140 Å². The molecule has 2 heterocycles. The molecule has 2 atom stereocenters. The molecule has 2 aliphatic heterocycles. The van der Waals surface area contributed by atoms with Crippen LogP contribution in [0.15, 0.2) is 23.3 Å². The Morgan fingerprint density at radius 1 is 1.46 bits per heavy atom. The average molecular weight is 351 g/mol. The van der Waals surface area contributed by atoms with E-state index in [4.69, 9.17) is 17.1 Å². The van der Waals surface area contributed by atoms with Crippen molar-refractivity contribution in [1.29, 1.82) is 0 Å². The molecule has 7 nitrogen and oxygen atoms in total. The summed E-state index contributed by atoms with van der Waals surface area (Å²) in [7, 11) is 0. The minimum absolute atomic E-state index is 0.00734. The molecule has 124 valence electrons. The Morgan fingerprint density at radius 3 is 2.88 bits per heavy atom. The van der Waals surface area contributed by atoms with Crippen molar-refractivity contribution in [1.82, 2.24) is 4.90 Å². The van der Waals surface area contributed by atoms with E-state index in [1.54, 1.807) is 0 Å². The number of amides is 1. The molecule has 1 amide bonds. The van der Waals surface area contributed by atoms with Crippen LogP contribution in [0.1, 0.15) is 24.8 Å². The van der Waals surface area contributed by atoms with Crippen LogP contribution >= 0.6 is 11.6 Å². The summed E-state index contributed by atoms with van der Waals surface area (Å²) >= 11 is 5.81. The molecule has 9 heteroatoms. The lowest BCUT2D eigenvalue weighted by atomic mass is 9.92. The summed E-state index contributed by atoms with van der Waals surface area (Å²) in [6, 6.07) is 1.47. The number of aliphatic carboxylic acids is 1. The van der Waals surface area contributed by atoms with Crippen molar-refractivity contribution in [3.05, 3.63) is 45.1 Å². The van der Waals surface area contributed by atoms with E-state index in [0.29, 0.717) is 18.4 Å². The molecule has 1 unspecified atom stereocenters. The highest BCUT2D eigenvalue weighted by Crippen LogP contribution is 2.41. The SMILES string of the molecule is [N-]=[N+]=Nc1ccc(Cl)c(F)c1C1=CC(=O)N2C(CC[C@H]2C(=O)O)C1. The number of rotatable bonds is 3. The third-order valence-corrected chi connectivity index (χ3v) is 4.63. The standard InChI is InChI=1S/C15H12ClFN4O3/c16-9-2-3-10(19-20-18)13(14(9)17)7-5-8-1-4-11(15(23)24)21(8)12(22)6-7/h2-3,6,8,11H,1,4-5H2,(H,23,24)/t8?,11-/m0/s1. The molecule has 1 aromatic rings. The molecule has 1 aromatic carbocycles. The monoisotopic (exact) mass is 350 g/mol. The molecule has 0 bridgehead atoms. The van der Waals surface area contributed by atoms with Gasteiger partial charge < -0.3 is 10.0 Å². The van der Waals surface area contributed by atoms with Crippen molar-refractivity contribution < 1.29 is 19.1 Å². The fraction of sp³-hybridized carbons (Fsp3) is 0.333. The van der Waals surface area contributed by atoms with E-state index in [9.17, 15) is 19.1 Å². The van der Waals surface area contributed by atoms with E-state index >= 15 is 0 Å². The highest BCUT2D eigenvalue weighted by atomic mass is 35.5. The van der Waals surface area contributed by atoms with Gasteiger partial charge in [0.05, 0.1) is 5.02 Å². The van der Waals surface area contributed by atoms with Gasteiger partial charge in [-0.1, -0.05) is 22.8 Å². The Hall–Kier alpha value is -2.57. The summed E-state index contributed by atoms with van der Waals surface area (Å²) in [5.74, 6) is -2.30. The lowest BCUT2D eigenvalue weighted by Crippen LogP contribution is -2.46. The van der Waals surface area contributed by atoms with Crippen LogP contribution in [0.5, 0.6) is 0 Å².